The fourth-order valence-corrected chi connectivity index (χ4v) is 2.45. The van der Waals surface area contributed by atoms with Crippen LogP contribution in [0.15, 0.2) is 42.5 Å². The number of aryl methyl sites for hydroxylation is 3. The lowest BCUT2D eigenvalue weighted by atomic mass is 10.0. The number of rotatable bonds is 7. The Kier molecular flexibility index (Phi) is 6.21. The van der Waals surface area contributed by atoms with E-state index in [2.05, 4.69) is 37.4 Å². The Morgan fingerprint density at radius 3 is 2.61 bits per heavy atom. The predicted molar refractivity (Wildman–Crippen MR) is 93.7 cm³/mol. The van der Waals surface area contributed by atoms with E-state index in [1.54, 1.807) is 0 Å². The molecule has 0 atom stereocenters. The standard InChI is InChI=1S/C20H25NO2/c1-4-23-19-8-6-5-7-18(19)14-21-20(22)12-11-17-10-9-15(2)16(3)13-17/h5-10,13H,4,11-12,14H2,1-3H3,(H,21,22). The van der Waals surface area contributed by atoms with Gasteiger partial charge in [0.25, 0.3) is 0 Å². The van der Waals surface area contributed by atoms with Gasteiger partial charge >= 0.3 is 0 Å². The summed E-state index contributed by atoms with van der Waals surface area (Å²) in [6, 6.07) is 14.2. The summed E-state index contributed by atoms with van der Waals surface area (Å²) in [7, 11) is 0. The lowest BCUT2D eigenvalue weighted by molar-refractivity contribution is -0.121. The van der Waals surface area contributed by atoms with Crippen molar-refractivity contribution in [3.8, 4) is 5.75 Å². The van der Waals surface area contributed by atoms with Crippen molar-refractivity contribution in [1.82, 2.24) is 5.32 Å². The summed E-state index contributed by atoms with van der Waals surface area (Å²) in [5.74, 6) is 0.902. The molecule has 0 radical (unpaired) electrons. The Labute approximate surface area is 138 Å². The van der Waals surface area contributed by atoms with Gasteiger partial charge in [0, 0.05) is 18.5 Å². The minimum absolute atomic E-state index is 0.0644. The maximum atomic E-state index is 12.1. The number of amides is 1. The lowest BCUT2D eigenvalue weighted by Crippen LogP contribution is -2.23. The zero-order chi connectivity index (χ0) is 16.7. The maximum Gasteiger partial charge on any atom is 0.220 e. The molecule has 0 spiro atoms. The lowest BCUT2D eigenvalue weighted by Gasteiger charge is -2.11. The van der Waals surface area contributed by atoms with Crippen molar-refractivity contribution >= 4 is 5.91 Å². The summed E-state index contributed by atoms with van der Waals surface area (Å²) in [5.41, 5.74) is 4.77. The molecule has 1 amide bonds. The smallest absolute Gasteiger partial charge is 0.220 e. The molecule has 122 valence electrons. The highest BCUT2D eigenvalue weighted by atomic mass is 16.5. The summed E-state index contributed by atoms with van der Waals surface area (Å²) < 4.78 is 5.57. The zero-order valence-corrected chi connectivity index (χ0v) is 14.2. The van der Waals surface area contributed by atoms with E-state index in [-0.39, 0.29) is 5.91 Å². The van der Waals surface area contributed by atoms with E-state index in [1.165, 1.54) is 16.7 Å². The molecule has 3 nitrogen and oxygen atoms in total. The van der Waals surface area contributed by atoms with Crippen molar-refractivity contribution in [1.29, 1.82) is 0 Å². The Hall–Kier alpha value is -2.29. The largest absolute Gasteiger partial charge is 0.494 e. The molecule has 0 unspecified atom stereocenters. The molecule has 2 aromatic rings. The molecule has 0 saturated heterocycles. The first-order chi connectivity index (χ1) is 11.1. The van der Waals surface area contributed by atoms with Crippen LogP contribution >= 0.6 is 0 Å². The molecule has 0 aliphatic rings. The normalized spacial score (nSPS) is 10.4. The van der Waals surface area contributed by atoms with Crippen molar-refractivity contribution in [3.63, 3.8) is 0 Å². The SMILES string of the molecule is CCOc1ccccc1CNC(=O)CCc1ccc(C)c(C)c1. The minimum Gasteiger partial charge on any atom is -0.494 e. The molecule has 0 aliphatic carbocycles. The van der Waals surface area contributed by atoms with Gasteiger partial charge in [-0.15, -0.1) is 0 Å². The van der Waals surface area contributed by atoms with E-state index in [0.29, 0.717) is 19.6 Å². The van der Waals surface area contributed by atoms with Crippen molar-refractivity contribution in [2.45, 2.75) is 40.2 Å². The molecule has 0 fully saturated rings. The van der Waals surface area contributed by atoms with Gasteiger partial charge < -0.3 is 10.1 Å². The summed E-state index contributed by atoms with van der Waals surface area (Å²) in [6.45, 7) is 7.28. The van der Waals surface area contributed by atoms with Crippen molar-refractivity contribution < 1.29 is 9.53 Å². The quantitative estimate of drug-likeness (QED) is 0.841. The number of nitrogens with one attached hydrogen (secondary N) is 1. The van der Waals surface area contributed by atoms with E-state index in [4.69, 9.17) is 4.74 Å². The first-order valence-corrected chi connectivity index (χ1v) is 8.13. The number of benzene rings is 2. The molecule has 0 saturated carbocycles. The highest BCUT2D eigenvalue weighted by Gasteiger charge is 2.06. The van der Waals surface area contributed by atoms with E-state index >= 15 is 0 Å². The van der Waals surface area contributed by atoms with E-state index in [0.717, 1.165) is 17.7 Å². The molecule has 0 aromatic heterocycles. The highest BCUT2D eigenvalue weighted by molar-refractivity contribution is 5.76. The van der Waals surface area contributed by atoms with Crippen LogP contribution in [-0.2, 0) is 17.8 Å². The van der Waals surface area contributed by atoms with Gasteiger partial charge in [0.15, 0.2) is 0 Å². The van der Waals surface area contributed by atoms with Crippen LogP contribution in [0.25, 0.3) is 0 Å². The Bertz CT molecular complexity index is 664. The predicted octanol–water partition coefficient (Wildman–Crippen LogP) is 3.95. The summed E-state index contributed by atoms with van der Waals surface area (Å²) in [5, 5.41) is 2.98. The summed E-state index contributed by atoms with van der Waals surface area (Å²) in [6.07, 6.45) is 1.26. The number of ether oxygens (including phenoxy) is 1. The second-order valence-corrected chi connectivity index (χ2v) is 5.74. The zero-order valence-electron chi connectivity index (χ0n) is 14.2. The van der Waals surface area contributed by atoms with Gasteiger partial charge in [0.1, 0.15) is 5.75 Å². The van der Waals surface area contributed by atoms with Crippen molar-refractivity contribution in [2.75, 3.05) is 6.61 Å². The first kappa shape index (κ1) is 17.1. The van der Waals surface area contributed by atoms with Gasteiger partial charge in [-0.1, -0.05) is 36.4 Å². The molecule has 23 heavy (non-hydrogen) atoms. The summed E-state index contributed by atoms with van der Waals surface area (Å²) in [4.78, 5) is 12.1. The molecular formula is C20H25NO2. The average Bonchev–Trinajstić information content (AvgIpc) is 2.55. The van der Waals surface area contributed by atoms with Crippen molar-refractivity contribution in [2.24, 2.45) is 0 Å². The van der Waals surface area contributed by atoms with Gasteiger partial charge in [-0.2, -0.15) is 0 Å². The van der Waals surface area contributed by atoms with Gasteiger partial charge in [-0.25, -0.2) is 0 Å². The van der Waals surface area contributed by atoms with Gasteiger partial charge in [0.05, 0.1) is 6.61 Å². The molecular weight excluding hydrogens is 286 g/mol. The van der Waals surface area contributed by atoms with Gasteiger partial charge in [-0.3, -0.25) is 4.79 Å². The fraction of sp³-hybridized carbons (Fsp3) is 0.350. The van der Waals surface area contributed by atoms with Crippen LogP contribution in [0.3, 0.4) is 0 Å². The number of hydrogen-bond acceptors (Lipinski definition) is 2. The third-order valence-corrected chi connectivity index (χ3v) is 3.96. The Morgan fingerprint density at radius 1 is 1.09 bits per heavy atom. The Balaban J connectivity index is 1.84. The van der Waals surface area contributed by atoms with Crippen LogP contribution in [0.1, 0.15) is 35.6 Å². The summed E-state index contributed by atoms with van der Waals surface area (Å²) >= 11 is 0. The van der Waals surface area contributed by atoms with E-state index < -0.39 is 0 Å². The monoisotopic (exact) mass is 311 g/mol. The molecule has 2 rings (SSSR count). The highest BCUT2D eigenvalue weighted by Crippen LogP contribution is 2.17. The van der Waals surface area contributed by atoms with Gasteiger partial charge in [0.2, 0.25) is 5.91 Å². The van der Waals surface area contributed by atoms with Crippen LogP contribution in [0.2, 0.25) is 0 Å². The topological polar surface area (TPSA) is 38.3 Å². The van der Waals surface area contributed by atoms with E-state index in [1.807, 2.05) is 31.2 Å². The van der Waals surface area contributed by atoms with Crippen LogP contribution < -0.4 is 10.1 Å². The third kappa shape index (κ3) is 5.13. The molecule has 3 heteroatoms. The van der Waals surface area contributed by atoms with Crippen LogP contribution in [0.5, 0.6) is 5.75 Å². The third-order valence-electron chi connectivity index (χ3n) is 3.96. The Morgan fingerprint density at radius 2 is 1.87 bits per heavy atom. The maximum absolute atomic E-state index is 12.1. The number of para-hydroxylation sites is 1. The number of carbonyl (C=O) groups is 1. The number of hydrogen-bond donors (Lipinski definition) is 1. The van der Waals surface area contributed by atoms with Crippen LogP contribution in [0, 0.1) is 13.8 Å². The second-order valence-electron chi connectivity index (χ2n) is 5.74. The molecule has 0 aliphatic heterocycles. The van der Waals surface area contributed by atoms with Gasteiger partial charge in [-0.05, 0) is 49.9 Å². The van der Waals surface area contributed by atoms with Crippen LogP contribution in [-0.4, -0.2) is 12.5 Å². The minimum atomic E-state index is 0.0644. The fourth-order valence-electron chi connectivity index (χ4n) is 2.45. The molecule has 0 bridgehead atoms. The van der Waals surface area contributed by atoms with Crippen molar-refractivity contribution in [3.05, 3.63) is 64.7 Å². The first-order valence-electron chi connectivity index (χ1n) is 8.13. The van der Waals surface area contributed by atoms with Crippen LogP contribution in [0.4, 0.5) is 0 Å². The average molecular weight is 311 g/mol. The molecule has 2 aromatic carbocycles. The van der Waals surface area contributed by atoms with E-state index in [9.17, 15) is 4.79 Å². The molecule has 1 N–H and O–H groups in total. The molecule has 0 heterocycles. The number of carbonyl (C=O) groups excluding carboxylic acids is 1. The second kappa shape index (κ2) is 8.37.